The first kappa shape index (κ1) is 17.4. The Morgan fingerprint density at radius 2 is 1.85 bits per heavy atom. The minimum absolute atomic E-state index is 0.0649. The van der Waals surface area contributed by atoms with Crippen molar-refractivity contribution in [2.24, 2.45) is 5.92 Å². The highest BCUT2D eigenvalue weighted by atomic mass is 35.5. The summed E-state index contributed by atoms with van der Waals surface area (Å²) in [5, 5.41) is 9.65. The van der Waals surface area contributed by atoms with E-state index in [0.29, 0.717) is 5.02 Å². The Kier molecular flexibility index (Phi) is 6.42. The molecule has 0 saturated carbocycles. The van der Waals surface area contributed by atoms with Crippen molar-refractivity contribution < 1.29 is 13.5 Å². The molecular formula is C13H21ClN2O3S. The second-order valence-corrected chi connectivity index (χ2v) is 7.20. The van der Waals surface area contributed by atoms with Gasteiger partial charge in [-0.2, -0.15) is 17.4 Å². The number of benzene rings is 1. The fourth-order valence-electron chi connectivity index (χ4n) is 1.53. The molecule has 2 atom stereocenters. The summed E-state index contributed by atoms with van der Waals surface area (Å²) >= 11 is 5.79. The smallest absolute Gasteiger partial charge is 0.279 e. The molecule has 20 heavy (non-hydrogen) atoms. The molecule has 0 aliphatic carbocycles. The molecule has 5 nitrogen and oxygen atoms in total. The van der Waals surface area contributed by atoms with E-state index in [2.05, 4.69) is 4.72 Å². The molecule has 0 radical (unpaired) electrons. The number of aliphatic hydroxyl groups excluding tert-OH is 1. The Morgan fingerprint density at radius 1 is 1.30 bits per heavy atom. The summed E-state index contributed by atoms with van der Waals surface area (Å²) in [4.78, 5) is 0. The van der Waals surface area contributed by atoms with Gasteiger partial charge in [0.05, 0.1) is 0 Å². The Hall–Kier alpha value is -0.660. The lowest BCUT2D eigenvalue weighted by Gasteiger charge is -2.24. The molecule has 1 rings (SSSR count). The number of nitrogens with zero attached hydrogens (tertiary/aromatic N) is 1. The van der Waals surface area contributed by atoms with Crippen molar-refractivity contribution in [1.29, 1.82) is 0 Å². The zero-order chi connectivity index (χ0) is 15.3. The van der Waals surface area contributed by atoms with Crippen molar-refractivity contribution in [3.8, 4) is 0 Å². The minimum Gasteiger partial charge on any atom is -0.396 e. The van der Waals surface area contributed by atoms with Gasteiger partial charge in [0.25, 0.3) is 10.2 Å². The monoisotopic (exact) mass is 320 g/mol. The molecule has 2 unspecified atom stereocenters. The Labute approximate surface area is 125 Å². The number of halogens is 1. The van der Waals surface area contributed by atoms with Gasteiger partial charge in [0.1, 0.15) is 0 Å². The second kappa shape index (κ2) is 7.38. The van der Waals surface area contributed by atoms with Crippen LogP contribution in [0.4, 0.5) is 0 Å². The molecule has 0 fully saturated rings. The lowest BCUT2D eigenvalue weighted by atomic mass is 10.1. The quantitative estimate of drug-likeness (QED) is 0.802. The second-order valence-electron chi connectivity index (χ2n) is 4.95. The van der Waals surface area contributed by atoms with Crippen LogP contribution in [0, 0.1) is 5.92 Å². The average Bonchev–Trinajstić information content (AvgIpc) is 2.39. The minimum atomic E-state index is -3.58. The van der Waals surface area contributed by atoms with Crippen molar-refractivity contribution in [3.63, 3.8) is 0 Å². The molecule has 1 aromatic carbocycles. The SMILES string of the molecule is CC(CO)C(C)NS(=O)(=O)N(C)Cc1ccc(Cl)cc1. The van der Waals surface area contributed by atoms with Crippen LogP contribution in [0.5, 0.6) is 0 Å². The van der Waals surface area contributed by atoms with Crippen molar-refractivity contribution in [3.05, 3.63) is 34.9 Å². The fourth-order valence-corrected chi connectivity index (χ4v) is 2.86. The topological polar surface area (TPSA) is 69.6 Å². The van der Waals surface area contributed by atoms with Crippen LogP contribution in [-0.2, 0) is 16.8 Å². The van der Waals surface area contributed by atoms with E-state index in [1.165, 1.54) is 11.4 Å². The Balaban J connectivity index is 2.69. The summed E-state index contributed by atoms with van der Waals surface area (Å²) in [6.45, 7) is 3.71. The first-order valence-electron chi connectivity index (χ1n) is 6.35. The standard InChI is InChI=1S/C13H21ClN2O3S/c1-10(9-17)11(2)15-20(18,19)16(3)8-12-4-6-13(14)7-5-12/h4-7,10-11,15,17H,8-9H2,1-3H3. The summed E-state index contributed by atoms with van der Waals surface area (Å²) in [7, 11) is -2.08. The van der Waals surface area contributed by atoms with Crippen LogP contribution in [0.15, 0.2) is 24.3 Å². The van der Waals surface area contributed by atoms with Crippen LogP contribution in [0.25, 0.3) is 0 Å². The molecule has 1 aromatic rings. The van der Waals surface area contributed by atoms with Gasteiger partial charge < -0.3 is 5.11 Å². The Morgan fingerprint density at radius 3 is 2.35 bits per heavy atom. The van der Waals surface area contributed by atoms with Crippen molar-refractivity contribution in [1.82, 2.24) is 9.03 Å². The molecule has 114 valence electrons. The van der Waals surface area contributed by atoms with E-state index in [0.717, 1.165) is 5.56 Å². The summed E-state index contributed by atoms with van der Waals surface area (Å²) in [6.07, 6.45) is 0. The van der Waals surface area contributed by atoms with E-state index in [1.54, 1.807) is 38.1 Å². The van der Waals surface area contributed by atoms with Gasteiger partial charge in [-0.25, -0.2) is 0 Å². The molecule has 0 heterocycles. The van der Waals surface area contributed by atoms with Crippen LogP contribution in [0.3, 0.4) is 0 Å². The fraction of sp³-hybridized carbons (Fsp3) is 0.538. The summed E-state index contributed by atoms with van der Waals surface area (Å²) in [5.74, 6) is -0.145. The van der Waals surface area contributed by atoms with Gasteiger partial charge in [-0.05, 0) is 30.5 Å². The summed E-state index contributed by atoms with van der Waals surface area (Å²) in [5.41, 5.74) is 0.852. The maximum Gasteiger partial charge on any atom is 0.279 e. The van der Waals surface area contributed by atoms with Crippen LogP contribution < -0.4 is 4.72 Å². The third kappa shape index (κ3) is 5.03. The molecule has 2 N–H and O–H groups in total. The summed E-state index contributed by atoms with van der Waals surface area (Å²) < 4.78 is 28.1. The Bertz CT molecular complexity index is 519. The number of aliphatic hydroxyl groups is 1. The van der Waals surface area contributed by atoms with Gasteiger partial charge in [0, 0.05) is 31.3 Å². The molecule has 0 amide bonds. The van der Waals surface area contributed by atoms with Gasteiger partial charge in [-0.15, -0.1) is 0 Å². The van der Waals surface area contributed by atoms with Crippen LogP contribution in [-0.4, -0.2) is 37.5 Å². The maximum absolute atomic E-state index is 12.1. The van der Waals surface area contributed by atoms with E-state index in [9.17, 15) is 8.42 Å². The number of hydrogen-bond acceptors (Lipinski definition) is 3. The van der Waals surface area contributed by atoms with Gasteiger partial charge in [-0.1, -0.05) is 30.7 Å². The van der Waals surface area contributed by atoms with Gasteiger partial charge >= 0.3 is 0 Å². The third-order valence-corrected chi connectivity index (χ3v) is 5.08. The lowest BCUT2D eigenvalue weighted by molar-refractivity contribution is 0.215. The van der Waals surface area contributed by atoms with E-state index in [4.69, 9.17) is 16.7 Å². The van der Waals surface area contributed by atoms with Crippen LogP contribution >= 0.6 is 11.6 Å². The average molecular weight is 321 g/mol. The maximum atomic E-state index is 12.1. The predicted molar refractivity (Wildman–Crippen MR) is 80.7 cm³/mol. The van der Waals surface area contributed by atoms with Gasteiger partial charge in [-0.3, -0.25) is 0 Å². The summed E-state index contributed by atoms with van der Waals surface area (Å²) in [6, 6.07) is 6.68. The van der Waals surface area contributed by atoms with Gasteiger partial charge in [0.2, 0.25) is 0 Å². The molecule has 0 aromatic heterocycles. The first-order valence-corrected chi connectivity index (χ1v) is 8.17. The van der Waals surface area contributed by atoms with E-state index >= 15 is 0 Å². The lowest BCUT2D eigenvalue weighted by Crippen LogP contribution is -2.45. The highest BCUT2D eigenvalue weighted by molar-refractivity contribution is 7.87. The number of rotatable bonds is 7. The number of nitrogens with one attached hydrogen (secondary N) is 1. The zero-order valence-electron chi connectivity index (χ0n) is 11.9. The molecule has 7 heteroatoms. The van der Waals surface area contributed by atoms with E-state index in [1.807, 2.05) is 0 Å². The largest absolute Gasteiger partial charge is 0.396 e. The highest BCUT2D eigenvalue weighted by Crippen LogP contribution is 2.12. The van der Waals surface area contributed by atoms with Gasteiger partial charge in [0.15, 0.2) is 0 Å². The predicted octanol–water partition coefficient (Wildman–Crippen LogP) is 1.62. The molecule has 0 bridgehead atoms. The normalized spacial score (nSPS) is 15.3. The molecule has 0 saturated heterocycles. The molecule has 0 aliphatic heterocycles. The van der Waals surface area contributed by atoms with Crippen molar-refractivity contribution in [2.45, 2.75) is 26.4 Å². The number of hydrogen-bond donors (Lipinski definition) is 2. The van der Waals surface area contributed by atoms with Crippen LogP contribution in [0.1, 0.15) is 19.4 Å². The van der Waals surface area contributed by atoms with Crippen molar-refractivity contribution >= 4 is 21.8 Å². The third-order valence-electron chi connectivity index (χ3n) is 3.21. The first-order chi connectivity index (χ1) is 9.26. The van der Waals surface area contributed by atoms with E-state index in [-0.39, 0.29) is 25.1 Å². The van der Waals surface area contributed by atoms with Crippen molar-refractivity contribution in [2.75, 3.05) is 13.7 Å². The zero-order valence-corrected chi connectivity index (χ0v) is 13.4. The highest BCUT2D eigenvalue weighted by Gasteiger charge is 2.23. The molecule has 0 spiro atoms. The molecule has 0 aliphatic rings. The van der Waals surface area contributed by atoms with Crippen LogP contribution in [0.2, 0.25) is 5.02 Å². The van der Waals surface area contributed by atoms with E-state index < -0.39 is 10.2 Å². The molecular weight excluding hydrogens is 300 g/mol.